The van der Waals surface area contributed by atoms with Crippen LogP contribution in [0.1, 0.15) is 11.6 Å². The summed E-state index contributed by atoms with van der Waals surface area (Å²) < 4.78 is 1.55. The molecule has 0 bridgehead atoms. The van der Waals surface area contributed by atoms with Gasteiger partial charge in [0.15, 0.2) is 12.4 Å². The number of nitrogens with zero attached hydrogens (tertiary/aromatic N) is 1. The zero-order valence-corrected chi connectivity index (χ0v) is 5.62. The first kappa shape index (κ1) is 5.68. The lowest BCUT2D eigenvalue weighted by Crippen LogP contribution is -2.43. The van der Waals surface area contributed by atoms with Gasteiger partial charge in [0.05, 0.1) is 0 Å². The summed E-state index contributed by atoms with van der Waals surface area (Å²) in [5.74, 6) is 5.44. The fraction of sp³-hybridized carbons (Fsp3) is 0.286. The Bertz CT molecular complexity index is 225. The molecule has 1 aliphatic heterocycles. The average Bonchev–Trinajstić information content (AvgIpc) is 2.71. The van der Waals surface area contributed by atoms with E-state index in [9.17, 15) is 0 Å². The fourth-order valence-electron chi connectivity index (χ4n) is 0.976. The summed E-state index contributed by atoms with van der Waals surface area (Å²) in [6.07, 6.45) is 3.71. The van der Waals surface area contributed by atoms with E-state index >= 15 is 0 Å². The van der Waals surface area contributed by atoms with Gasteiger partial charge in [-0.25, -0.2) is 5.84 Å². The first-order valence-electron chi connectivity index (χ1n) is 3.36. The summed E-state index contributed by atoms with van der Waals surface area (Å²) in [6.45, 7) is 1.11. The van der Waals surface area contributed by atoms with E-state index in [0.29, 0.717) is 6.04 Å². The molecule has 1 fully saturated rings. The molecule has 2 heterocycles. The zero-order chi connectivity index (χ0) is 6.97. The van der Waals surface area contributed by atoms with Crippen LogP contribution in [0.3, 0.4) is 0 Å². The van der Waals surface area contributed by atoms with Crippen molar-refractivity contribution in [3.8, 4) is 0 Å². The molecule has 0 radical (unpaired) electrons. The van der Waals surface area contributed by atoms with Crippen molar-refractivity contribution < 1.29 is 4.68 Å². The van der Waals surface area contributed by atoms with E-state index in [2.05, 4.69) is 5.32 Å². The maximum absolute atomic E-state index is 5.44. The molecule has 52 valence electrons. The molecular formula is C7H10N3+. The summed E-state index contributed by atoms with van der Waals surface area (Å²) >= 11 is 0. The third kappa shape index (κ3) is 0.953. The SMILES string of the molecule is N[n+]1ccc([C@H]2CN2)cc1. The minimum Gasteiger partial charge on any atom is -0.307 e. The van der Waals surface area contributed by atoms with E-state index in [-0.39, 0.29) is 0 Å². The van der Waals surface area contributed by atoms with Gasteiger partial charge < -0.3 is 5.32 Å². The number of hydrogen-bond acceptors (Lipinski definition) is 2. The number of nitrogen functional groups attached to an aromatic ring is 1. The first-order valence-corrected chi connectivity index (χ1v) is 3.36. The number of nitrogens with one attached hydrogen (secondary N) is 1. The van der Waals surface area contributed by atoms with E-state index in [0.717, 1.165) is 6.54 Å². The number of nitrogens with two attached hydrogens (primary N) is 1. The zero-order valence-electron chi connectivity index (χ0n) is 5.62. The largest absolute Gasteiger partial charge is 0.307 e. The Morgan fingerprint density at radius 2 is 2.10 bits per heavy atom. The lowest BCUT2D eigenvalue weighted by atomic mass is 10.2. The van der Waals surface area contributed by atoms with E-state index in [4.69, 9.17) is 5.84 Å². The third-order valence-corrected chi connectivity index (χ3v) is 1.69. The highest BCUT2D eigenvalue weighted by Crippen LogP contribution is 2.18. The first-order chi connectivity index (χ1) is 4.86. The summed E-state index contributed by atoms with van der Waals surface area (Å²) in [5.41, 5.74) is 1.32. The lowest BCUT2D eigenvalue weighted by molar-refractivity contribution is -0.639. The van der Waals surface area contributed by atoms with Gasteiger partial charge in [-0.1, -0.05) is 4.68 Å². The minimum atomic E-state index is 0.584. The summed E-state index contributed by atoms with van der Waals surface area (Å²) in [4.78, 5) is 0. The second kappa shape index (κ2) is 1.95. The van der Waals surface area contributed by atoms with Crippen LogP contribution in [-0.2, 0) is 0 Å². The maximum atomic E-state index is 5.44. The quantitative estimate of drug-likeness (QED) is 0.306. The fourth-order valence-corrected chi connectivity index (χ4v) is 0.976. The Hall–Kier alpha value is -1.09. The van der Waals surface area contributed by atoms with Gasteiger partial charge in [-0.3, -0.25) is 0 Å². The lowest BCUT2D eigenvalue weighted by Gasteiger charge is -1.90. The van der Waals surface area contributed by atoms with Crippen LogP contribution < -0.4 is 15.8 Å². The molecule has 3 nitrogen and oxygen atoms in total. The Labute approximate surface area is 59.4 Å². The molecule has 10 heavy (non-hydrogen) atoms. The predicted octanol–water partition coefficient (Wildman–Crippen LogP) is -0.668. The van der Waals surface area contributed by atoms with Gasteiger partial charge in [-0.2, -0.15) is 0 Å². The van der Waals surface area contributed by atoms with Crippen molar-refractivity contribution in [2.45, 2.75) is 6.04 Å². The Balaban J connectivity index is 2.28. The smallest absolute Gasteiger partial charge is 0.199 e. The molecule has 0 amide bonds. The number of pyridine rings is 1. The molecule has 3 N–H and O–H groups in total. The van der Waals surface area contributed by atoms with Crippen molar-refractivity contribution in [2.24, 2.45) is 0 Å². The van der Waals surface area contributed by atoms with E-state index in [1.807, 2.05) is 24.5 Å². The highest BCUT2D eigenvalue weighted by molar-refractivity contribution is 5.18. The number of rotatable bonds is 1. The Morgan fingerprint density at radius 3 is 2.60 bits per heavy atom. The molecule has 1 aliphatic rings. The van der Waals surface area contributed by atoms with Crippen molar-refractivity contribution in [2.75, 3.05) is 12.4 Å². The van der Waals surface area contributed by atoms with Crippen molar-refractivity contribution in [3.05, 3.63) is 30.1 Å². The highest BCUT2D eigenvalue weighted by atomic mass is 15.3. The topological polar surface area (TPSA) is 51.8 Å². The standard InChI is InChI=1S/C7H10N3/c8-10-3-1-6(2-4-10)7-5-9-7/h1-4,7,9H,5,8H2/q+1/t7-/m1/s1. The van der Waals surface area contributed by atoms with Crippen molar-refractivity contribution in [1.29, 1.82) is 0 Å². The summed E-state index contributed by atoms with van der Waals surface area (Å²) in [5, 5.41) is 3.22. The van der Waals surface area contributed by atoms with E-state index < -0.39 is 0 Å². The molecule has 0 aromatic carbocycles. The Kier molecular flexibility index (Phi) is 1.11. The van der Waals surface area contributed by atoms with E-state index in [1.165, 1.54) is 5.56 Å². The molecule has 0 spiro atoms. The van der Waals surface area contributed by atoms with Gasteiger partial charge in [-0.05, 0) is 5.56 Å². The summed E-state index contributed by atoms with van der Waals surface area (Å²) in [6, 6.07) is 4.65. The van der Waals surface area contributed by atoms with Gasteiger partial charge in [0.1, 0.15) is 0 Å². The second-order valence-electron chi connectivity index (χ2n) is 2.54. The van der Waals surface area contributed by atoms with Crippen LogP contribution in [-0.4, -0.2) is 6.54 Å². The van der Waals surface area contributed by atoms with Crippen LogP contribution in [0.2, 0.25) is 0 Å². The highest BCUT2D eigenvalue weighted by Gasteiger charge is 2.22. The molecule has 1 saturated heterocycles. The van der Waals surface area contributed by atoms with Crippen LogP contribution in [0.5, 0.6) is 0 Å². The molecule has 1 aromatic rings. The van der Waals surface area contributed by atoms with Crippen LogP contribution in [0.15, 0.2) is 24.5 Å². The van der Waals surface area contributed by atoms with Gasteiger partial charge in [0, 0.05) is 24.7 Å². The van der Waals surface area contributed by atoms with Crippen LogP contribution in [0.25, 0.3) is 0 Å². The molecule has 1 atom stereocenters. The maximum Gasteiger partial charge on any atom is 0.199 e. The molecule has 3 heteroatoms. The van der Waals surface area contributed by atoms with Crippen molar-refractivity contribution in [3.63, 3.8) is 0 Å². The van der Waals surface area contributed by atoms with Gasteiger partial charge in [0.25, 0.3) is 0 Å². The number of aromatic nitrogens is 1. The molecular weight excluding hydrogens is 126 g/mol. The van der Waals surface area contributed by atoms with Crippen LogP contribution >= 0.6 is 0 Å². The molecule has 0 aliphatic carbocycles. The minimum absolute atomic E-state index is 0.584. The van der Waals surface area contributed by atoms with Gasteiger partial charge >= 0.3 is 0 Å². The van der Waals surface area contributed by atoms with Crippen LogP contribution in [0.4, 0.5) is 0 Å². The number of hydrogen-bond donors (Lipinski definition) is 2. The molecule has 2 rings (SSSR count). The predicted molar refractivity (Wildman–Crippen MR) is 37.5 cm³/mol. The third-order valence-electron chi connectivity index (χ3n) is 1.69. The summed E-state index contributed by atoms with van der Waals surface area (Å²) in [7, 11) is 0. The van der Waals surface area contributed by atoms with Crippen LogP contribution in [0, 0.1) is 0 Å². The molecule has 0 unspecified atom stereocenters. The van der Waals surface area contributed by atoms with Crippen molar-refractivity contribution >= 4 is 0 Å². The van der Waals surface area contributed by atoms with Gasteiger partial charge in [0.2, 0.25) is 0 Å². The molecule has 0 saturated carbocycles. The average molecular weight is 136 g/mol. The van der Waals surface area contributed by atoms with E-state index in [1.54, 1.807) is 4.68 Å². The molecule has 1 aromatic heterocycles. The Morgan fingerprint density at radius 1 is 1.50 bits per heavy atom. The monoisotopic (exact) mass is 136 g/mol. The normalized spacial score (nSPS) is 22.6. The van der Waals surface area contributed by atoms with Gasteiger partial charge in [-0.15, -0.1) is 0 Å². The van der Waals surface area contributed by atoms with Crippen molar-refractivity contribution in [1.82, 2.24) is 5.32 Å². The second-order valence-corrected chi connectivity index (χ2v) is 2.54.